The molecule has 0 radical (unpaired) electrons. The summed E-state index contributed by atoms with van der Waals surface area (Å²) in [6, 6.07) is 6.36. The van der Waals surface area contributed by atoms with Crippen LogP contribution in [0.25, 0.3) is 0 Å². The number of likely N-dealkylation sites (N-methyl/N-ethyl adjacent to an activating group) is 1. The minimum atomic E-state index is -0.529. The Balaban J connectivity index is 2.05. The van der Waals surface area contributed by atoms with Crippen molar-refractivity contribution in [2.75, 3.05) is 46.9 Å². The fourth-order valence-electron chi connectivity index (χ4n) is 4.39. The van der Waals surface area contributed by atoms with Gasteiger partial charge in [0, 0.05) is 38.1 Å². The number of carbonyl (C=O) groups excluding carboxylic acids is 2. The summed E-state index contributed by atoms with van der Waals surface area (Å²) in [6.45, 7) is 9.03. The number of methoxy groups -OCH3 is 1. The third-order valence-corrected chi connectivity index (χ3v) is 6.23. The van der Waals surface area contributed by atoms with Crippen molar-refractivity contribution in [2.45, 2.75) is 58.6 Å². The Bertz CT molecular complexity index is 802. The van der Waals surface area contributed by atoms with E-state index < -0.39 is 12.2 Å². The molecule has 1 aromatic rings. The molecule has 0 aromatic heterocycles. The molecular weight excluding hydrogens is 451 g/mol. The van der Waals surface area contributed by atoms with Crippen molar-refractivity contribution < 1.29 is 23.5 Å². The van der Waals surface area contributed by atoms with Crippen LogP contribution >= 0.6 is 0 Å². The van der Waals surface area contributed by atoms with E-state index in [9.17, 15) is 14.0 Å². The van der Waals surface area contributed by atoms with E-state index in [0.29, 0.717) is 19.6 Å². The lowest BCUT2D eigenvalue weighted by Gasteiger charge is -2.38. The molecule has 198 valence electrons. The number of nitrogens with zero attached hydrogens (tertiary/aromatic N) is 1. The predicted octanol–water partition coefficient (Wildman–Crippen LogP) is 4.08. The van der Waals surface area contributed by atoms with Gasteiger partial charge >= 0.3 is 12.1 Å². The molecule has 1 heterocycles. The number of hydrogen-bond donors (Lipinski definition) is 3. The van der Waals surface area contributed by atoms with E-state index in [1.54, 1.807) is 6.07 Å². The van der Waals surface area contributed by atoms with Gasteiger partial charge in [0.15, 0.2) is 0 Å². The molecule has 1 aliphatic rings. The van der Waals surface area contributed by atoms with Gasteiger partial charge in [-0.25, -0.2) is 14.0 Å². The number of halogens is 1. The Morgan fingerprint density at radius 2 is 2.06 bits per heavy atom. The molecule has 1 fully saturated rings. The zero-order valence-electron chi connectivity index (χ0n) is 21.9. The molecule has 0 aliphatic carbocycles. The molecule has 1 aromatic carbocycles. The second kappa shape index (κ2) is 14.2. The third kappa shape index (κ3) is 10.4. The maximum absolute atomic E-state index is 14.0. The molecule has 1 aliphatic heterocycles. The zero-order chi connectivity index (χ0) is 25.8. The van der Waals surface area contributed by atoms with Crippen LogP contribution in [0, 0.1) is 17.2 Å². The number of urea groups is 1. The number of nitrogens with one attached hydrogen (secondary N) is 3. The van der Waals surface area contributed by atoms with Crippen LogP contribution in [-0.2, 0) is 9.47 Å². The van der Waals surface area contributed by atoms with E-state index in [4.69, 9.17) is 4.74 Å². The highest BCUT2D eigenvalue weighted by Gasteiger charge is 2.32. The standard InChI is InChI=1S/C26H43FN4O4/c1-26(2,3)12-11-22(17-28-4)30-24(32)31-14-7-9-20(18-31)23(19-8-6-10-21(27)16-19)35-15-13-29-25(33)34-5/h6,8,10,16,20,22-23,28H,7,9,11-15,17-18H2,1-5H3,(H,29,33)(H,30,32)/t20-,22+,23+/m1/s1. The van der Waals surface area contributed by atoms with Gasteiger partial charge in [0.25, 0.3) is 0 Å². The smallest absolute Gasteiger partial charge is 0.406 e. The predicted molar refractivity (Wildman–Crippen MR) is 135 cm³/mol. The minimum Gasteiger partial charge on any atom is -0.453 e. The number of hydrogen-bond acceptors (Lipinski definition) is 5. The number of likely N-dealkylation sites (tertiary alicyclic amines) is 1. The van der Waals surface area contributed by atoms with Gasteiger partial charge in [0.1, 0.15) is 5.82 Å². The second-order valence-corrected chi connectivity index (χ2v) is 10.4. The molecule has 0 saturated carbocycles. The summed E-state index contributed by atoms with van der Waals surface area (Å²) < 4.78 is 24.7. The Hall–Kier alpha value is -2.39. The topological polar surface area (TPSA) is 91.9 Å². The Kier molecular flexibility index (Phi) is 11.7. The number of piperidine rings is 1. The van der Waals surface area contributed by atoms with Gasteiger partial charge in [0.2, 0.25) is 0 Å². The number of carbonyl (C=O) groups is 2. The van der Waals surface area contributed by atoms with Gasteiger partial charge in [-0.15, -0.1) is 0 Å². The summed E-state index contributed by atoms with van der Waals surface area (Å²) in [5, 5.41) is 8.98. The fourth-order valence-corrected chi connectivity index (χ4v) is 4.39. The lowest BCUT2D eigenvalue weighted by molar-refractivity contribution is -0.00879. The molecule has 0 spiro atoms. The SMILES string of the molecule is CNC[C@H](CCC(C)(C)C)NC(=O)N1CCC[C@@H]([C@@H](OCCNC(=O)OC)c2cccc(F)c2)C1. The summed E-state index contributed by atoms with van der Waals surface area (Å²) in [4.78, 5) is 26.3. The number of amides is 3. The number of rotatable bonds is 11. The van der Waals surface area contributed by atoms with Crippen LogP contribution in [0.2, 0.25) is 0 Å². The summed E-state index contributed by atoms with van der Waals surface area (Å²) in [7, 11) is 3.20. The van der Waals surface area contributed by atoms with Crippen LogP contribution in [-0.4, -0.2) is 70.0 Å². The monoisotopic (exact) mass is 494 g/mol. The Labute approximate surface area is 209 Å². The van der Waals surface area contributed by atoms with Gasteiger partial charge in [-0.1, -0.05) is 32.9 Å². The number of alkyl carbamates (subject to hydrolysis) is 1. The van der Waals surface area contributed by atoms with Crippen LogP contribution < -0.4 is 16.0 Å². The molecule has 3 atom stereocenters. The zero-order valence-corrected chi connectivity index (χ0v) is 21.9. The first-order chi connectivity index (χ1) is 16.6. The van der Waals surface area contributed by atoms with Crippen molar-refractivity contribution in [1.29, 1.82) is 0 Å². The average Bonchev–Trinajstić information content (AvgIpc) is 2.82. The highest BCUT2D eigenvalue weighted by Crippen LogP contribution is 2.33. The molecule has 0 unspecified atom stereocenters. The maximum Gasteiger partial charge on any atom is 0.406 e. The van der Waals surface area contributed by atoms with Crippen LogP contribution in [0.4, 0.5) is 14.0 Å². The van der Waals surface area contributed by atoms with Crippen molar-refractivity contribution in [3.8, 4) is 0 Å². The van der Waals surface area contributed by atoms with E-state index in [1.807, 2.05) is 18.0 Å². The molecule has 1 saturated heterocycles. The molecule has 3 amide bonds. The normalized spacial score (nSPS) is 18.0. The summed E-state index contributed by atoms with van der Waals surface area (Å²) in [6.07, 6.45) is 2.69. The van der Waals surface area contributed by atoms with E-state index in [0.717, 1.165) is 31.2 Å². The number of benzene rings is 1. The van der Waals surface area contributed by atoms with E-state index in [1.165, 1.54) is 19.2 Å². The molecule has 2 rings (SSSR count). The van der Waals surface area contributed by atoms with Crippen LogP contribution in [0.5, 0.6) is 0 Å². The van der Waals surface area contributed by atoms with Crippen molar-refractivity contribution >= 4 is 12.1 Å². The number of ether oxygens (including phenoxy) is 2. The fraction of sp³-hybridized carbons (Fsp3) is 0.692. The molecule has 3 N–H and O–H groups in total. The summed E-state index contributed by atoms with van der Waals surface area (Å²) >= 11 is 0. The van der Waals surface area contributed by atoms with Crippen LogP contribution in [0.3, 0.4) is 0 Å². The van der Waals surface area contributed by atoms with E-state index >= 15 is 0 Å². The molecule has 8 nitrogen and oxygen atoms in total. The van der Waals surface area contributed by atoms with Crippen molar-refractivity contribution in [2.24, 2.45) is 11.3 Å². The quantitative estimate of drug-likeness (QED) is 0.403. The van der Waals surface area contributed by atoms with Crippen molar-refractivity contribution in [3.05, 3.63) is 35.6 Å². The summed E-state index contributed by atoms with van der Waals surface area (Å²) in [5.74, 6) is -0.324. The Morgan fingerprint density at radius 3 is 2.71 bits per heavy atom. The molecular formula is C26H43FN4O4. The van der Waals surface area contributed by atoms with Crippen molar-refractivity contribution in [1.82, 2.24) is 20.9 Å². The third-order valence-electron chi connectivity index (χ3n) is 6.23. The van der Waals surface area contributed by atoms with Gasteiger partial charge in [-0.05, 0) is 55.8 Å². The largest absolute Gasteiger partial charge is 0.453 e. The minimum absolute atomic E-state index is 0.00625. The molecule has 35 heavy (non-hydrogen) atoms. The first-order valence-corrected chi connectivity index (χ1v) is 12.5. The molecule has 0 bridgehead atoms. The molecule has 9 heteroatoms. The summed E-state index contributed by atoms with van der Waals surface area (Å²) in [5.41, 5.74) is 0.930. The van der Waals surface area contributed by atoms with Gasteiger partial charge in [-0.3, -0.25) is 0 Å². The lowest BCUT2D eigenvalue weighted by Crippen LogP contribution is -2.51. The van der Waals surface area contributed by atoms with Crippen LogP contribution in [0.1, 0.15) is 58.1 Å². The van der Waals surface area contributed by atoms with E-state index in [-0.39, 0.29) is 42.4 Å². The first-order valence-electron chi connectivity index (χ1n) is 12.5. The Morgan fingerprint density at radius 1 is 1.29 bits per heavy atom. The lowest BCUT2D eigenvalue weighted by atomic mass is 9.88. The highest BCUT2D eigenvalue weighted by molar-refractivity contribution is 5.74. The average molecular weight is 495 g/mol. The van der Waals surface area contributed by atoms with Crippen LogP contribution in [0.15, 0.2) is 24.3 Å². The van der Waals surface area contributed by atoms with Crippen molar-refractivity contribution in [3.63, 3.8) is 0 Å². The van der Waals surface area contributed by atoms with Gasteiger partial charge in [-0.2, -0.15) is 0 Å². The maximum atomic E-state index is 14.0. The van der Waals surface area contributed by atoms with E-state index in [2.05, 4.69) is 41.5 Å². The van der Waals surface area contributed by atoms with Gasteiger partial charge in [0.05, 0.1) is 19.8 Å². The highest BCUT2D eigenvalue weighted by atomic mass is 19.1. The second-order valence-electron chi connectivity index (χ2n) is 10.4. The first kappa shape index (κ1) is 28.8. The van der Waals surface area contributed by atoms with Gasteiger partial charge < -0.3 is 30.3 Å².